The van der Waals surface area contributed by atoms with Gasteiger partial charge in [-0.25, -0.2) is 4.98 Å². The number of nitrogens with one attached hydrogen (secondary N) is 1. The van der Waals surface area contributed by atoms with Crippen LogP contribution >= 0.6 is 11.3 Å². The molecule has 0 bridgehead atoms. The highest BCUT2D eigenvalue weighted by atomic mass is 32.1. The maximum absolute atomic E-state index is 8.74. The number of hydrogen-bond acceptors (Lipinski definition) is 5. The number of aliphatic hydroxyl groups is 1. The van der Waals surface area contributed by atoms with Crippen LogP contribution in [0.4, 0.5) is 0 Å². The molecule has 1 unspecified atom stereocenters. The number of aliphatic hydroxyl groups excluding tert-OH is 1. The minimum Gasteiger partial charge on any atom is -0.396 e. The second-order valence-corrected chi connectivity index (χ2v) is 4.40. The van der Waals surface area contributed by atoms with E-state index in [0.29, 0.717) is 12.6 Å². The van der Waals surface area contributed by atoms with Crippen LogP contribution in [0.1, 0.15) is 24.0 Å². The zero-order valence-electron chi connectivity index (χ0n) is 9.19. The first-order valence-electron chi connectivity index (χ1n) is 5.02. The van der Waals surface area contributed by atoms with Crippen molar-refractivity contribution in [2.75, 3.05) is 13.7 Å². The second kappa shape index (κ2) is 6.90. The number of ether oxygens (including phenoxy) is 1. The molecule has 0 amide bonds. The molecule has 0 saturated heterocycles. The lowest BCUT2D eigenvalue weighted by Crippen LogP contribution is -2.26. The highest BCUT2D eigenvalue weighted by Crippen LogP contribution is 2.10. The molecule has 0 aliphatic rings. The van der Waals surface area contributed by atoms with Crippen LogP contribution in [0.5, 0.6) is 0 Å². The van der Waals surface area contributed by atoms with Crippen LogP contribution in [0.2, 0.25) is 0 Å². The van der Waals surface area contributed by atoms with Gasteiger partial charge in [0.25, 0.3) is 0 Å². The molecule has 1 aromatic heterocycles. The summed E-state index contributed by atoms with van der Waals surface area (Å²) in [6, 6.07) is 0.322. The van der Waals surface area contributed by atoms with E-state index in [2.05, 4.69) is 17.2 Å². The molecule has 1 atom stereocenters. The molecule has 0 aromatic carbocycles. The van der Waals surface area contributed by atoms with Crippen molar-refractivity contribution in [1.29, 1.82) is 0 Å². The molecule has 1 rings (SSSR count). The Bertz CT molecular complexity index is 278. The number of thiazole rings is 1. The van der Waals surface area contributed by atoms with Gasteiger partial charge in [0.05, 0.1) is 12.3 Å². The molecule has 0 fully saturated rings. The monoisotopic (exact) mass is 230 g/mol. The quantitative estimate of drug-likeness (QED) is 0.738. The maximum atomic E-state index is 8.74. The molecule has 0 aliphatic heterocycles. The number of nitrogens with zero attached hydrogens (tertiary/aromatic N) is 1. The molecule has 5 heteroatoms. The lowest BCUT2D eigenvalue weighted by molar-refractivity contribution is 0.184. The van der Waals surface area contributed by atoms with Crippen molar-refractivity contribution in [2.45, 2.75) is 32.5 Å². The van der Waals surface area contributed by atoms with Gasteiger partial charge in [0.2, 0.25) is 0 Å². The van der Waals surface area contributed by atoms with Crippen LogP contribution in [0.25, 0.3) is 0 Å². The normalized spacial score (nSPS) is 13.0. The Hall–Kier alpha value is -0.490. The lowest BCUT2D eigenvalue weighted by Gasteiger charge is -2.10. The van der Waals surface area contributed by atoms with Gasteiger partial charge in [0.1, 0.15) is 5.01 Å². The largest absolute Gasteiger partial charge is 0.396 e. The van der Waals surface area contributed by atoms with Crippen LogP contribution in [-0.2, 0) is 17.9 Å². The summed E-state index contributed by atoms with van der Waals surface area (Å²) in [6.45, 7) is 3.61. The van der Waals surface area contributed by atoms with Crippen molar-refractivity contribution < 1.29 is 9.84 Å². The average Bonchev–Trinajstić information content (AvgIpc) is 2.64. The Morgan fingerprint density at radius 3 is 3.13 bits per heavy atom. The zero-order chi connectivity index (χ0) is 11.1. The number of rotatable bonds is 7. The van der Waals surface area contributed by atoms with Gasteiger partial charge in [-0.15, -0.1) is 11.3 Å². The molecular formula is C10H18N2O2S. The predicted octanol–water partition coefficient (Wildman–Crippen LogP) is 1.15. The third-order valence-electron chi connectivity index (χ3n) is 2.06. The molecular weight excluding hydrogens is 212 g/mol. The fraction of sp³-hybridized carbons (Fsp3) is 0.700. The third kappa shape index (κ3) is 4.70. The van der Waals surface area contributed by atoms with Gasteiger partial charge in [-0.3, -0.25) is 0 Å². The third-order valence-corrected chi connectivity index (χ3v) is 2.93. The minimum atomic E-state index is 0.222. The summed E-state index contributed by atoms with van der Waals surface area (Å²) >= 11 is 1.61. The van der Waals surface area contributed by atoms with Crippen LogP contribution in [0, 0.1) is 0 Å². The van der Waals surface area contributed by atoms with E-state index in [4.69, 9.17) is 9.84 Å². The van der Waals surface area contributed by atoms with Gasteiger partial charge in [-0.05, 0) is 13.3 Å². The zero-order valence-corrected chi connectivity index (χ0v) is 10.0. The van der Waals surface area contributed by atoms with E-state index in [9.17, 15) is 0 Å². The Labute approximate surface area is 94.3 Å². The average molecular weight is 230 g/mol. The number of aromatic nitrogens is 1. The summed E-state index contributed by atoms with van der Waals surface area (Å²) in [7, 11) is 1.67. The van der Waals surface area contributed by atoms with Crippen LogP contribution in [-0.4, -0.2) is 29.8 Å². The smallest absolute Gasteiger partial charge is 0.119 e. The van der Waals surface area contributed by atoms with E-state index in [1.54, 1.807) is 18.4 Å². The molecule has 2 N–H and O–H groups in total. The highest BCUT2D eigenvalue weighted by molar-refractivity contribution is 7.09. The number of hydrogen-bond donors (Lipinski definition) is 2. The Morgan fingerprint density at radius 2 is 2.47 bits per heavy atom. The Morgan fingerprint density at radius 1 is 1.67 bits per heavy atom. The summed E-state index contributed by atoms with van der Waals surface area (Å²) in [6.07, 6.45) is 0.773. The topological polar surface area (TPSA) is 54.4 Å². The van der Waals surface area contributed by atoms with Gasteiger partial charge in [0.15, 0.2) is 0 Å². The fourth-order valence-corrected chi connectivity index (χ4v) is 1.96. The van der Waals surface area contributed by atoms with Gasteiger partial charge in [-0.2, -0.15) is 0 Å². The van der Waals surface area contributed by atoms with Crippen molar-refractivity contribution >= 4 is 11.3 Å². The number of methoxy groups -OCH3 is 1. The highest BCUT2D eigenvalue weighted by Gasteiger charge is 2.04. The summed E-state index contributed by atoms with van der Waals surface area (Å²) in [5.74, 6) is 0. The van der Waals surface area contributed by atoms with Gasteiger partial charge in [-0.1, -0.05) is 0 Å². The van der Waals surface area contributed by atoms with E-state index in [-0.39, 0.29) is 6.61 Å². The summed E-state index contributed by atoms with van der Waals surface area (Å²) < 4.78 is 5.00. The molecule has 0 radical (unpaired) electrons. The van der Waals surface area contributed by atoms with E-state index < -0.39 is 0 Å². The molecule has 0 saturated carbocycles. The molecule has 1 aromatic rings. The predicted molar refractivity (Wildman–Crippen MR) is 60.8 cm³/mol. The summed E-state index contributed by atoms with van der Waals surface area (Å²) in [5.41, 5.74) is 1.04. The van der Waals surface area contributed by atoms with E-state index >= 15 is 0 Å². The molecule has 4 nitrogen and oxygen atoms in total. The van der Waals surface area contributed by atoms with Crippen molar-refractivity contribution in [3.05, 3.63) is 16.1 Å². The lowest BCUT2D eigenvalue weighted by atomic mass is 10.2. The van der Waals surface area contributed by atoms with Crippen LogP contribution in [0.15, 0.2) is 5.38 Å². The van der Waals surface area contributed by atoms with Crippen molar-refractivity contribution in [2.24, 2.45) is 0 Å². The van der Waals surface area contributed by atoms with Gasteiger partial charge < -0.3 is 15.2 Å². The minimum absolute atomic E-state index is 0.222. The summed E-state index contributed by atoms with van der Waals surface area (Å²) in [4.78, 5) is 4.40. The summed E-state index contributed by atoms with van der Waals surface area (Å²) in [5, 5.41) is 15.1. The van der Waals surface area contributed by atoms with Gasteiger partial charge >= 0.3 is 0 Å². The Balaban J connectivity index is 2.30. The molecule has 1 heterocycles. The second-order valence-electron chi connectivity index (χ2n) is 3.46. The Kier molecular flexibility index (Phi) is 5.78. The molecule has 86 valence electrons. The van der Waals surface area contributed by atoms with E-state index in [1.165, 1.54) is 0 Å². The van der Waals surface area contributed by atoms with Crippen molar-refractivity contribution in [3.8, 4) is 0 Å². The van der Waals surface area contributed by atoms with Crippen LogP contribution < -0.4 is 5.32 Å². The van der Waals surface area contributed by atoms with Crippen molar-refractivity contribution in [3.63, 3.8) is 0 Å². The molecule has 0 spiro atoms. The fourth-order valence-electron chi connectivity index (χ4n) is 1.19. The first kappa shape index (κ1) is 12.6. The van der Waals surface area contributed by atoms with E-state index in [1.807, 2.05) is 5.38 Å². The van der Waals surface area contributed by atoms with Gasteiger partial charge in [0, 0.05) is 31.7 Å². The maximum Gasteiger partial charge on any atom is 0.119 e. The molecule has 15 heavy (non-hydrogen) atoms. The van der Waals surface area contributed by atoms with Crippen molar-refractivity contribution in [1.82, 2.24) is 10.3 Å². The molecule has 0 aliphatic carbocycles. The van der Waals surface area contributed by atoms with E-state index in [0.717, 1.165) is 23.7 Å². The SMILES string of the molecule is COCc1nc(CNC(C)CCO)cs1. The first-order valence-corrected chi connectivity index (χ1v) is 5.90. The van der Waals surface area contributed by atoms with Crippen LogP contribution in [0.3, 0.4) is 0 Å². The first-order chi connectivity index (χ1) is 7.26. The standard InChI is InChI=1S/C10H18N2O2S/c1-8(3-4-13)11-5-9-7-15-10(12-9)6-14-2/h7-8,11,13H,3-6H2,1-2H3.